The van der Waals surface area contributed by atoms with E-state index in [1.807, 2.05) is 0 Å². The summed E-state index contributed by atoms with van der Waals surface area (Å²) in [5.74, 6) is 0.226. The lowest BCUT2D eigenvalue weighted by Crippen LogP contribution is -2.42. The fourth-order valence-electron chi connectivity index (χ4n) is 2.41. The van der Waals surface area contributed by atoms with Crippen molar-refractivity contribution >= 4 is 29.1 Å². The van der Waals surface area contributed by atoms with E-state index in [1.165, 1.54) is 12.0 Å². The molecule has 0 aliphatic rings. The number of hydrogen-bond acceptors (Lipinski definition) is 4. The van der Waals surface area contributed by atoms with Gasteiger partial charge in [0.25, 0.3) is 5.91 Å². The van der Waals surface area contributed by atoms with Crippen molar-refractivity contribution in [1.82, 2.24) is 0 Å². The molecule has 2 amide bonds. The third-order valence-corrected chi connectivity index (χ3v) is 3.95. The number of carbonyl (C=O) groups is 2. The molecule has 1 atom stereocenters. The number of anilines is 1. The van der Waals surface area contributed by atoms with Crippen LogP contribution in [0.1, 0.15) is 13.3 Å². The Morgan fingerprint density at radius 3 is 2.42 bits per heavy atom. The topological polar surface area (TPSA) is 81.9 Å². The van der Waals surface area contributed by atoms with Crippen LogP contribution in [0.25, 0.3) is 0 Å². The van der Waals surface area contributed by atoms with Gasteiger partial charge in [-0.3, -0.25) is 9.59 Å². The molecule has 26 heavy (non-hydrogen) atoms. The predicted octanol–water partition coefficient (Wildman–Crippen LogP) is 3.02. The van der Waals surface area contributed by atoms with Crippen LogP contribution in [0.3, 0.4) is 0 Å². The van der Waals surface area contributed by atoms with Crippen molar-refractivity contribution in [3.8, 4) is 11.5 Å². The Morgan fingerprint density at radius 1 is 1.15 bits per heavy atom. The van der Waals surface area contributed by atoms with Gasteiger partial charge in [0.1, 0.15) is 11.5 Å². The summed E-state index contributed by atoms with van der Waals surface area (Å²) in [6, 6.07) is 13.8. The predicted molar refractivity (Wildman–Crippen MR) is 101 cm³/mol. The smallest absolute Gasteiger partial charge is 0.267 e. The third-order valence-electron chi connectivity index (χ3n) is 3.70. The number of benzene rings is 2. The lowest BCUT2D eigenvalue weighted by Gasteiger charge is -2.27. The summed E-state index contributed by atoms with van der Waals surface area (Å²) in [6.45, 7) is 1.77. The van der Waals surface area contributed by atoms with Crippen LogP contribution in [-0.2, 0) is 9.59 Å². The number of rotatable bonds is 8. The molecule has 0 bridgehead atoms. The fourth-order valence-corrected chi connectivity index (χ4v) is 2.54. The third kappa shape index (κ3) is 5.13. The van der Waals surface area contributed by atoms with E-state index in [9.17, 15) is 9.59 Å². The van der Waals surface area contributed by atoms with E-state index in [0.717, 1.165) is 0 Å². The first kappa shape index (κ1) is 19.6. The molecule has 7 heteroatoms. The Hall–Kier alpha value is -2.73. The van der Waals surface area contributed by atoms with Crippen molar-refractivity contribution in [2.75, 3.05) is 18.6 Å². The molecule has 0 fully saturated rings. The van der Waals surface area contributed by atoms with Gasteiger partial charge in [-0.1, -0.05) is 23.7 Å². The van der Waals surface area contributed by atoms with E-state index < -0.39 is 12.0 Å². The first-order valence-corrected chi connectivity index (χ1v) is 8.45. The summed E-state index contributed by atoms with van der Waals surface area (Å²) in [4.78, 5) is 25.6. The molecule has 2 rings (SSSR count). The molecule has 2 N–H and O–H groups in total. The van der Waals surface area contributed by atoms with Crippen LogP contribution in [0.4, 0.5) is 5.69 Å². The second-order valence-corrected chi connectivity index (χ2v) is 6.03. The van der Waals surface area contributed by atoms with Crippen molar-refractivity contribution in [3.05, 3.63) is 53.6 Å². The highest BCUT2D eigenvalue weighted by Gasteiger charge is 2.26. The zero-order valence-electron chi connectivity index (χ0n) is 14.6. The molecule has 2 aromatic rings. The summed E-state index contributed by atoms with van der Waals surface area (Å²) in [6.07, 6.45) is -0.758. The lowest BCUT2D eigenvalue weighted by molar-refractivity contribution is -0.124. The lowest BCUT2D eigenvalue weighted by atomic mass is 10.2. The molecular weight excluding hydrogens is 356 g/mol. The van der Waals surface area contributed by atoms with E-state index in [1.54, 1.807) is 55.5 Å². The van der Waals surface area contributed by atoms with Crippen LogP contribution in [-0.4, -0.2) is 31.6 Å². The molecule has 2 aromatic carbocycles. The molecule has 138 valence electrons. The number of primary amides is 1. The average Bonchev–Trinajstić information content (AvgIpc) is 2.63. The molecule has 0 aliphatic heterocycles. The number of methoxy groups -OCH3 is 1. The van der Waals surface area contributed by atoms with E-state index in [4.69, 9.17) is 26.8 Å². The van der Waals surface area contributed by atoms with Gasteiger partial charge in [-0.2, -0.15) is 0 Å². The van der Waals surface area contributed by atoms with Crippen molar-refractivity contribution in [3.63, 3.8) is 0 Å². The molecule has 6 nitrogen and oxygen atoms in total. The number of nitrogens with zero attached hydrogens (tertiary/aromatic N) is 1. The number of amides is 2. The van der Waals surface area contributed by atoms with Crippen LogP contribution in [0, 0.1) is 0 Å². The van der Waals surface area contributed by atoms with Gasteiger partial charge in [0.15, 0.2) is 6.10 Å². The van der Waals surface area contributed by atoms with Gasteiger partial charge in [0, 0.05) is 18.0 Å². The van der Waals surface area contributed by atoms with E-state index in [-0.39, 0.29) is 18.9 Å². The van der Waals surface area contributed by atoms with Gasteiger partial charge in [-0.15, -0.1) is 0 Å². The van der Waals surface area contributed by atoms with Gasteiger partial charge in [-0.05, 0) is 43.3 Å². The maximum absolute atomic E-state index is 13.0. The van der Waals surface area contributed by atoms with Gasteiger partial charge in [0.05, 0.1) is 12.8 Å². The normalized spacial score (nSPS) is 11.5. The second-order valence-electron chi connectivity index (χ2n) is 5.59. The molecule has 0 aromatic heterocycles. The average molecular weight is 377 g/mol. The van der Waals surface area contributed by atoms with Crippen LogP contribution in [0.15, 0.2) is 48.5 Å². The van der Waals surface area contributed by atoms with Crippen LogP contribution in [0.5, 0.6) is 11.5 Å². The molecule has 0 spiro atoms. The minimum atomic E-state index is -0.783. The zero-order valence-corrected chi connectivity index (χ0v) is 15.4. The highest BCUT2D eigenvalue weighted by Crippen LogP contribution is 2.29. The first-order chi connectivity index (χ1) is 12.4. The minimum absolute atomic E-state index is 0.0253. The van der Waals surface area contributed by atoms with Crippen LogP contribution >= 0.6 is 11.6 Å². The van der Waals surface area contributed by atoms with Crippen molar-refractivity contribution in [1.29, 1.82) is 0 Å². The number of carbonyl (C=O) groups excluding carboxylic acids is 2. The SMILES string of the molecule is COc1ccccc1N(CCC(N)=O)C(=O)[C@@H](C)Oc1ccc(Cl)cc1. The molecule has 0 saturated carbocycles. The summed E-state index contributed by atoms with van der Waals surface area (Å²) >= 11 is 5.86. The highest BCUT2D eigenvalue weighted by atomic mass is 35.5. The zero-order chi connectivity index (χ0) is 19.1. The maximum Gasteiger partial charge on any atom is 0.267 e. The Labute approximate surface area is 157 Å². The van der Waals surface area contributed by atoms with Crippen LogP contribution < -0.4 is 20.1 Å². The minimum Gasteiger partial charge on any atom is -0.495 e. The van der Waals surface area contributed by atoms with Gasteiger partial charge >= 0.3 is 0 Å². The van der Waals surface area contributed by atoms with E-state index >= 15 is 0 Å². The summed E-state index contributed by atoms with van der Waals surface area (Å²) in [5, 5.41) is 0.577. The number of nitrogens with two attached hydrogens (primary N) is 1. The van der Waals surface area contributed by atoms with Crippen LogP contribution in [0.2, 0.25) is 5.02 Å². The van der Waals surface area contributed by atoms with Gasteiger partial charge < -0.3 is 20.1 Å². The molecular formula is C19H21ClN2O4. The maximum atomic E-state index is 13.0. The molecule has 0 radical (unpaired) electrons. The standard InChI is InChI=1S/C19H21ClN2O4/c1-13(26-15-9-7-14(20)8-10-15)19(24)22(12-11-18(21)23)16-5-3-4-6-17(16)25-2/h3-10,13H,11-12H2,1-2H3,(H2,21,23)/t13-/m1/s1. The largest absolute Gasteiger partial charge is 0.495 e. The van der Waals surface area contributed by atoms with Crippen molar-refractivity contribution in [2.24, 2.45) is 5.73 Å². The monoisotopic (exact) mass is 376 g/mol. The Morgan fingerprint density at radius 2 is 1.81 bits per heavy atom. The fraction of sp³-hybridized carbons (Fsp3) is 0.263. The Kier molecular flexibility index (Phi) is 6.86. The number of hydrogen-bond donors (Lipinski definition) is 1. The molecule has 0 unspecified atom stereocenters. The van der Waals surface area contributed by atoms with Gasteiger partial charge in [-0.25, -0.2) is 0 Å². The molecule has 0 saturated heterocycles. The van der Waals surface area contributed by atoms with Gasteiger partial charge in [0.2, 0.25) is 5.91 Å². The quantitative estimate of drug-likeness (QED) is 0.767. The van der Waals surface area contributed by atoms with Crippen molar-refractivity contribution < 1.29 is 19.1 Å². The molecule has 0 aliphatic carbocycles. The van der Waals surface area contributed by atoms with E-state index in [2.05, 4.69) is 0 Å². The summed E-state index contributed by atoms with van der Waals surface area (Å²) in [7, 11) is 1.52. The van der Waals surface area contributed by atoms with E-state index in [0.29, 0.717) is 22.2 Å². The highest BCUT2D eigenvalue weighted by molar-refractivity contribution is 6.30. The molecule has 0 heterocycles. The number of ether oxygens (including phenoxy) is 2. The van der Waals surface area contributed by atoms with Crippen molar-refractivity contribution in [2.45, 2.75) is 19.4 Å². The Balaban J connectivity index is 2.23. The summed E-state index contributed by atoms with van der Waals surface area (Å²) in [5.41, 5.74) is 5.80. The first-order valence-electron chi connectivity index (χ1n) is 8.07. The number of para-hydroxylation sites is 2. The second kappa shape index (κ2) is 9.10. The Bertz CT molecular complexity index is 764. The number of halogens is 1. The summed E-state index contributed by atoms with van der Waals surface area (Å²) < 4.78 is 11.0.